The molecule has 69 heavy (non-hydrogen) atoms. The number of rotatable bonds is 31. The minimum atomic E-state index is -4.61. The van der Waals surface area contributed by atoms with E-state index in [9.17, 15) is 19.5 Å². The Morgan fingerprint density at radius 3 is 2.38 bits per heavy atom. The highest BCUT2D eigenvalue weighted by Crippen LogP contribution is 2.55. The van der Waals surface area contributed by atoms with Gasteiger partial charge in [-0.1, -0.05) is 101 Å². The molecule has 2 aromatic carbocycles. The van der Waals surface area contributed by atoms with Gasteiger partial charge in [0.2, 0.25) is 0 Å². The summed E-state index contributed by atoms with van der Waals surface area (Å²) < 4.78 is 80.7. The predicted molar refractivity (Wildman–Crippen MR) is 260 cm³/mol. The molecule has 6 atom stereocenters. The van der Waals surface area contributed by atoms with Crippen LogP contribution in [0.2, 0.25) is 5.02 Å². The number of halogens is 2. The summed E-state index contributed by atoms with van der Waals surface area (Å²) in [6.07, 6.45) is 19.0. The number of nitrogen functional groups attached to an aromatic ring is 1. The molecule has 0 spiro atoms. The third-order valence-corrected chi connectivity index (χ3v) is 13.8. The Labute approximate surface area is 410 Å². The molecular formula is C51H67ClFN6O9P. The Balaban J connectivity index is 1.09. The molecule has 1 unspecified atom stereocenters. The van der Waals surface area contributed by atoms with Crippen LogP contribution in [0.4, 0.5) is 10.2 Å². The number of fused-ring (bicyclic) bond motifs is 2. The van der Waals surface area contributed by atoms with Gasteiger partial charge in [0.25, 0.3) is 0 Å². The largest absolute Gasteiger partial charge is 0.530 e. The normalized spacial score (nSPS) is 21.0. The first-order valence-electron chi connectivity index (χ1n) is 24.3. The van der Waals surface area contributed by atoms with Gasteiger partial charge in [-0.3, -0.25) is 9.05 Å². The molecule has 2 aromatic heterocycles. The monoisotopic (exact) mass is 992 g/mol. The number of phosphoric ester groups is 1. The van der Waals surface area contributed by atoms with E-state index < -0.39 is 56.1 Å². The number of hydrogen-bond acceptors (Lipinski definition) is 14. The number of phosphoric acid groups is 1. The third kappa shape index (κ3) is 15.5. The molecule has 15 nitrogen and oxygen atoms in total. The lowest BCUT2D eigenvalue weighted by Crippen LogP contribution is -2.41. The van der Waals surface area contributed by atoms with Gasteiger partial charge in [0.1, 0.15) is 47.8 Å². The lowest BCUT2D eigenvalue weighted by Gasteiger charge is -2.33. The fraction of sp³-hybridized carbons (Fsp3) is 0.569. The second kappa shape index (κ2) is 26.7. The highest BCUT2D eigenvalue weighted by atomic mass is 35.5. The number of para-hydroxylation sites is 1. The zero-order valence-corrected chi connectivity index (χ0v) is 41.7. The third-order valence-electron chi connectivity index (χ3n) is 12.1. The number of unbranched alkanes of at least 4 members (excludes halogenated alkanes) is 12. The van der Waals surface area contributed by atoms with E-state index in [1.807, 2.05) is 6.07 Å². The van der Waals surface area contributed by atoms with Crippen LogP contribution >= 0.6 is 19.4 Å². The maximum absolute atomic E-state index is 14.9. The Morgan fingerprint density at radius 1 is 0.928 bits per heavy atom. The summed E-state index contributed by atoms with van der Waals surface area (Å²) in [5.74, 6) is -1.43. The molecule has 0 aliphatic carbocycles. The first-order chi connectivity index (χ1) is 33.4. The zero-order chi connectivity index (χ0) is 49.1. The van der Waals surface area contributed by atoms with Crippen molar-refractivity contribution in [3.05, 3.63) is 101 Å². The molecule has 4 heterocycles. The standard InChI is InChI=1S/C51H67ClFN6O9P/c1-4-5-6-7-8-9-10-11-12-13-14-15-16-17-18-21-28-61-34-41(62-33-39-29-38(32-55)30-40(53)31-39)35-63-69(60,68-44-23-20-19-22-42(44)52)64-36-45-47-48(67-50(2,3)66-47)51(65-45,26-27-54)46-25-24-43-49(56)57-37-58-59(43)46/h11-12,19-20,22-25,29-31,37,41,45,47-48H,4-10,13-18,21,26,28,33-36H2,1-3H3,(H2,56,57,58)/b12-11-/t41-,45-,47-,48-,51+,69?/m1/s1. The van der Waals surface area contributed by atoms with Crippen molar-refractivity contribution in [2.75, 3.05) is 32.2 Å². The van der Waals surface area contributed by atoms with Crippen LogP contribution in [0.3, 0.4) is 0 Å². The van der Waals surface area contributed by atoms with Crippen LogP contribution in [0.1, 0.15) is 134 Å². The van der Waals surface area contributed by atoms with Gasteiger partial charge >= 0.3 is 7.82 Å². The number of nitrogens with zero attached hydrogens (tertiary/aromatic N) is 5. The Kier molecular flexibility index (Phi) is 20.8. The van der Waals surface area contributed by atoms with Crippen molar-refractivity contribution < 1.29 is 46.2 Å². The van der Waals surface area contributed by atoms with Crippen LogP contribution in [-0.2, 0) is 49.5 Å². The van der Waals surface area contributed by atoms with Crippen LogP contribution in [0, 0.1) is 28.5 Å². The van der Waals surface area contributed by atoms with E-state index >= 15 is 0 Å². The molecule has 6 rings (SSSR count). The average molecular weight is 994 g/mol. The lowest BCUT2D eigenvalue weighted by molar-refractivity contribution is -0.215. The Hall–Kier alpha value is -4.45. The molecule has 2 N–H and O–H groups in total. The number of hydrogen-bond donors (Lipinski definition) is 1. The van der Waals surface area contributed by atoms with Gasteiger partial charge in [0.15, 0.2) is 17.2 Å². The zero-order valence-electron chi connectivity index (χ0n) is 40.1. The molecule has 2 fully saturated rings. The maximum Gasteiger partial charge on any atom is 0.530 e. The summed E-state index contributed by atoms with van der Waals surface area (Å²) in [5, 5.41) is 24.2. The number of anilines is 1. The molecule has 0 radical (unpaired) electrons. The molecule has 4 aromatic rings. The van der Waals surface area contributed by atoms with Crippen molar-refractivity contribution in [3.8, 4) is 17.9 Å². The molecule has 374 valence electrons. The number of ether oxygens (including phenoxy) is 5. The highest BCUT2D eigenvalue weighted by Gasteiger charge is 2.65. The molecular weight excluding hydrogens is 926 g/mol. The highest BCUT2D eigenvalue weighted by molar-refractivity contribution is 7.49. The van der Waals surface area contributed by atoms with E-state index in [0.29, 0.717) is 23.4 Å². The van der Waals surface area contributed by atoms with Crippen molar-refractivity contribution in [2.45, 2.75) is 159 Å². The van der Waals surface area contributed by atoms with Gasteiger partial charge in [-0.05, 0) is 94.0 Å². The van der Waals surface area contributed by atoms with Crippen LogP contribution in [0.25, 0.3) is 5.52 Å². The van der Waals surface area contributed by atoms with Crippen LogP contribution < -0.4 is 10.3 Å². The Morgan fingerprint density at radius 2 is 1.65 bits per heavy atom. The van der Waals surface area contributed by atoms with Gasteiger partial charge in [-0.2, -0.15) is 15.6 Å². The van der Waals surface area contributed by atoms with E-state index in [-0.39, 0.29) is 48.4 Å². The first-order valence-corrected chi connectivity index (χ1v) is 26.1. The lowest BCUT2D eigenvalue weighted by atomic mass is 9.88. The summed E-state index contributed by atoms with van der Waals surface area (Å²) >= 11 is 6.48. The second-order valence-electron chi connectivity index (χ2n) is 18.0. The molecule has 18 heteroatoms. The molecule has 0 amide bonds. The minimum absolute atomic E-state index is 0.0301. The summed E-state index contributed by atoms with van der Waals surface area (Å²) in [6, 6.07) is 18.0. The van der Waals surface area contributed by atoms with Gasteiger partial charge in [0, 0.05) is 6.61 Å². The Bertz CT molecular complexity index is 2410. The van der Waals surface area contributed by atoms with E-state index in [2.05, 4.69) is 35.2 Å². The minimum Gasteiger partial charge on any atom is -0.402 e. The summed E-state index contributed by atoms with van der Waals surface area (Å²) in [4.78, 5) is 4.09. The van der Waals surface area contributed by atoms with E-state index in [1.165, 1.54) is 82.3 Å². The number of allylic oxidation sites excluding steroid dienone is 2. The number of benzene rings is 2. The SMILES string of the molecule is CCCCCCCC/C=C\CCCCCCCCOC[C@H](COP(=O)(OC[C@H]1O[C@@](CC#N)(c2ccc3c(N)ncnn23)[C@@H]2OC(C)(C)O[C@@H]21)Oc1ccccc1Cl)OCc1cc(F)cc(C#N)c1. The van der Waals surface area contributed by atoms with Gasteiger partial charge in [0.05, 0.1) is 61.3 Å². The molecule has 0 bridgehead atoms. The number of nitriles is 2. The van der Waals surface area contributed by atoms with E-state index in [0.717, 1.165) is 38.2 Å². The quantitative estimate of drug-likeness (QED) is 0.0284. The predicted octanol–water partition coefficient (Wildman–Crippen LogP) is 11.9. The van der Waals surface area contributed by atoms with Crippen molar-refractivity contribution in [1.82, 2.24) is 14.6 Å². The van der Waals surface area contributed by atoms with Crippen molar-refractivity contribution in [2.24, 2.45) is 0 Å². The number of aromatic nitrogens is 3. The van der Waals surface area contributed by atoms with Crippen molar-refractivity contribution in [1.29, 1.82) is 10.5 Å². The van der Waals surface area contributed by atoms with Crippen molar-refractivity contribution in [3.63, 3.8) is 0 Å². The topological polar surface area (TPSA) is 195 Å². The fourth-order valence-electron chi connectivity index (χ4n) is 8.68. The van der Waals surface area contributed by atoms with Crippen LogP contribution in [0.5, 0.6) is 5.75 Å². The van der Waals surface area contributed by atoms with Gasteiger partial charge in [-0.15, -0.1) is 0 Å². The molecule has 2 aliphatic rings. The maximum atomic E-state index is 14.9. The summed E-state index contributed by atoms with van der Waals surface area (Å²) in [6.45, 7) is 5.36. The fourth-order valence-corrected chi connectivity index (χ4v) is 10.2. The summed E-state index contributed by atoms with van der Waals surface area (Å²) in [7, 11) is -4.61. The van der Waals surface area contributed by atoms with Crippen LogP contribution in [0.15, 0.2) is 73.1 Å². The van der Waals surface area contributed by atoms with E-state index in [1.54, 1.807) is 48.7 Å². The smallest absolute Gasteiger partial charge is 0.402 e. The first kappa shape index (κ1) is 53.9. The molecule has 2 saturated heterocycles. The molecule has 0 saturated carbocycles. The van der Waals surface area contributed by atoms with Gasteiger partial charge in [-0.25, -0.2) is 18.5 Å². The average Bonchev–Trinajstić information content (AvgIpc) is 4.00. The molecule has 2 aliphatic heterocycles. The number of nitrogens with two attached hydrogens (primary N) is 1. The van der Waals surface area contributed by atoms with Crippen LogP contribution in [-0.4, -0.2) is 71.2 Å². The summed E-state index contributed by atoms with van der Waals surface area (Å²) in [5.41, 5.74) is 6.26. The van der Waals surface area contributed by atoms with Crippen molar-refractivity contribution >= 4 is 30.8 Å². The van der Waals surface area contributed by atoms with Gasteiger partial charge < -0.3 is 33.9 Å². The van der Waals surface area contributed by atoms with E-state index in [4.69, 9.17) is 54.6 Å². The second-order valence-corrected chi connectivity index (χ2v) is 20.0.